The summed E-state index contributed by atoms with van der Waals surface area (Å²) < 4.78 is 68.7. The Morgan fingerprint density at radius 3 is 2.15 bits per heavy atom. The first-order valence-electron chi connectivity index (χ1n) is 13.2. The first kappa shape index (κ1) is 37.7. The van der Waals surface area contributed by atoms with Crippen LogP contribution in [0, 0.1) is 0 Å². The summed E-state index contributed by atoms with van der Waals surface area (Å²) in [4.78, 5) is 63.9. The summed E-state index contributed by atoms with van der Waals surface area (Å²) in [5.41, 5.74) is 7.71. The maximum absolute atomic E-state index is 13.2. The highest BCUT2D eigenvalue weighted by molar-refractivity contribution is 7.99. The van der Waals surface area contributed by atoms with Gasteiger partial charge in [-0.1, -0.05) is 36.4 Å². The number of hydrogen-bond acceptors (Lipinski definition) is 8. The van der Waals surface area contributed by atoms with Crippen molar-refractivity contribution in [3.63, 3.8) is 0 Å². The maximum Gasteiger partial charge on any atom is 0.490 e. The van der Waals surface area contributed by atoms with Gasteiger partial charge in [0.1, 0.15) is 0 Å². The van der Waals surface area contributed by atoms with E-state index >= 15 is 0 Å². The summed E-state index contributed by atoms with van der Waals surface area (Å²) in [7, 11) is 0. The van der Waals surface area contributed by atoms with Crippen LogP contribution in [0.1, 0.15) is 28.8 Å². The number of carboxylic acid groups (broad SMARTS) is 1. The van der Waals surface area contributed by atoms with Gasteiger partial charge in [0.05, 0.1) is 30.4 Å². The smallest absolute Gasteiger partial charge is 0.475 e. The molecule has 3 aromatic rings. The number of carbonyl (C=O) groups excluding carboxylic acids is 4. The van der Waals surface area contributed by atoms with Crippen LogP contribution in [-0.4, -0.2) is 80.9 Å². The number of rotatable bonds is 12. The van der Waals surface area contributed by atoms with Gasteiger partial charge in [0, 0.05) is 17.1 Å². The molecule has 1 atom stereocenters. The van der Waals surface area contributed by atoms with Crippen LogP contribution >= 0.6 is 11.8 Å². The number of pyridine rings is 1. The van der Waals surface area contributed by atoms with Crippen molar-refractivity contribution in [2.24, 2.45) is 5.73 Å². The van der Waals surface area contributed by atoms with Crippen molar-refractivity contribution >= 4 is 52.1 Å². The van der Waals surface area contributed by atoms with Gasteiger partial charge >= 0.3 is 18.3 Å². The van der Waals surface area contributed by atoms with Crippen molar-refractivity contribution in [1.82, 2.24) is 15.2 Å². The number of halogens is 6. The fourth-order valence-electron chi connectivity index (χ4n) is 3.59. The second-order valence-corrected chi connectivity index (χ2v) is 10.5. The molecule has 0 saturated carbocycles. The Bertz CT molecular complexity index is 1520. The number of aromatic nitrogens is 1. The van der Waals surface area contributed by atoms with Gasteiger partial charge in [-0.05, 0) is 48.4 Å². The lowest BCUT2D eigenvalue weighted by Gasteiger charge is -2.24. The maximum atomic E-state index is 13.2. The van der Waals surface area contributed by atoms with Gasteiger partial charge in [-0.15, -0.1) is 0 Å². The average Bonchev–Trinajstić information content (AvgIpc) is 3.01. The van der Waals surface area contributed by atoms with E-state index in [2.05, 4.69) is 10.3 Å². The third-order valence-electron chi connectivity index (χ3n) is 5.90. The van der Waals surface area contributed by atoms with Crippen LogP contribution in [0.5, 0.6) is 0 Å². The molecular formula is C29H28F6N4O6S. The third kappa shape index (κ3) is 12.5. The van der Waals surface area contributed by atoms with Gasteiger partial charge in [0.25, 0.3) is 5.91 Å². The van der Waals surface area contributed by atoms with Crippen LogP contribution in [0.4, 0.5) is 26.3 Å². The van der Waals surface area contributed by atoms with Gasteiger partial charge in [-0.3, -0.25) is 29.1 Å². The Morgan fingerprint density at radius 2 is 1.54 bits per heavy atom. The van der Waals surface area contributed by atoms with E-state index in [1.165, 1.54) is 6.20 Å². The minimum absolute atomic E-state index is 0.0855. The molecule has 0 fully saturated rings. The Hall–Kier alpha value is -4.51. The number of nitrogens with one attached hydrogen (secondary N) is 1. The van der Waals surface area contributed by atoms with Gasteiger partial charge < -0.3 is 16.2 Å². The fourth-order valence-corrected chi connectivity index (χ4v) is 4.46. The lowest BCUT2D eigenvalue weighted by molar-refractivity contribution is -0.192. The van der Waals surface area contributed by atoms with Crippen LogP contribution in [-0.2, 0) is 25.7 Å². The number of carboxylic acids is 1. The Labute approximate surface area is 262 Å². The van der Waals surface area contributed by atoms with E-state index < -0.39 is 60.2 Å². The van der Waals surface area contributed by atoms with Crippen molar-refractivity contribution in [2.75, 3.05) is 18.1 Å². The number of hydrogen-bond donors (Lipinski definition) is 3. The molecule has 0 aliphatic heterocycles. The number of benzene rings is 2. The van der Waals surface area contributed by atoms with Crippen molar-refractivity contribution in [2.45, 2.75) is 37.8 Å². The number of carbonyl (C=O) groups is 5. The monoisotopic (exact) mass is 674 g/mol. The number of para-hydroxylation sites is 1. The molecular weight excluding hydrogens is 646 g/mol. The number of thioether (sulfide) groups is 1. The van der Waals surface area contributed by atoms with Gasteiger partial charge in [-0.25, -0.2) is 4.79 Å². The SMILES string of the molecule is N[C@@H](CCCSCC(=O)C(F)(F)F)C(=O)N(Cc1cnc2ccccc2c1)C(=O)CNC(=O)c1ccccc1.O=C(O)C(F)(F)F. The second kappa shape index (κ2) is 17.3. The van der Waals surface area contributed by atoms with E-state index in [0.717, 1.165) is 27.6 Å². The molecule has 10 nitrogen and oxygen atoms in total. The molecule has 1 aromatic heterocycles. The summed E-state index contributed by atoms with van der Waals surface area (Å²) in [6, 6.07) is 16.3. The summed E-state index contributed by atoms with van der Waals surface area (Å²) in [6.07, 6.45) is -8.08. The summed E-state index contributed by atoms with van der Waals surface area (Å²) in [5, 5.41) is 10.4. The molecule has 17 heteroatoms. The number of nitrogens with two attached hydrogens (primary N) is 1. The number of aliphatic carboxylic acids is 1. The van der Waals surface area contributed by atoms with Crippen LogP contribution in [0.15, 0.2) is 66.9 Å². The molecule has 0 aliphatic rings. The minimum Gasteiger partial charge on any atom is -0.475 e. The van der Waals surface area contributed by atoms with Gasteiger partial charge in [0.15, 0.2) is 0 Å². The molecule has 0 aliphatic carbocycles. The Kier molecular flexibility index (Phi) is 14.1. The number of imide groups is 1. The predicted molar refractivity (Wildman–Crippen MR) is 155 cm³/mol. The minimum atomic E-state index is -5.08. The van der Waals surface area contributed by atoms with E-state index in [1.54, 1.807) is 36.4 Å². The summed E-state index contributed by atoms with van der Waals surface area (Å²) in [6.45, 7) is -0.595. The summed E-state index contributed by atoms with van der Waals surface area (Å²) >= 11 is 0.797. The van der Waals surface area contributed by atoms with Crippen molar-refractivity contribution in [3.8, 4) is 0 Å². The molecule has 46 heavy (non-hydrogen) atoms. The number of Topliss-reactive ketones (excluding diaryl/α,β-unsaturated/α-hetero) is 1. The summed E-state index contributed by atoms with van der Waals surface area (Å²) in [5.74, 6) is -6.99. The van der Waals surface area contributed by atoms with Crippen molar-refractivity contribution in [1.29, 1.82) is 0 Å². The normalized spacial score (nSPS) is 12.0. The van der Waals surface area contributed by atoms with Crippen LogP contribution < -0.4 is 11.1 Å². The lowest BCUT2D eigenvalue weighted by Crippen LogP contribution is -2.49. The number of amides is 3. The van der Waals surface area contributed by atoms with E-state index in [4.69, 9.17) is 15.6 Å². The highest BCUT2D eigenvalue weighted by atomic mass is 32.2. The number of ketones is 1. The zero-order valence-corrected chi connectivity index (χ0v) is 24.6. The second-order valence-electron chi connectivity index (χ2n) is 9.43. The number of fused-ring (bicyclic) bond motifs is 1. The fraction of sp³-hybridized carbons (Fsp3) is 0.310. The molecule has 0 bridgehead atoms. The zero-order chi connectivity index (χ0) is 34.5. The van der Waals surface area contributed by atoms with Crippen LogP contribution in [0.3, 0.4) is 0 Å². The standard InChI is InChI=1S/C27H27F3N4O4S.C2HF3O2/c28-27(29,30)23(35)17-39-12-6-10-21(31)26(38)34(16-18-13-20-9-4-5-11-22(20)32-14-18)24(36)15-33-25(37)19-7-2-1-3-8-19;3-2(4,5)1(6)7/h1-5,7-9,11,13-14,21H,6,10,12,15-17,31H2,(H,33,37);(H,6,7)/t21-;/m0./s1. The highest BCUT2D eigenvalue weighted by Gasteiger charge is 2.38. The molecule has 4 N–H and O–H groups in total. The molecule has 0 saturated heterocycles. The van der Waals surface area contributed by atoms with Crippen molar-refractivity contribution < 1.29 is 55.4 Å². The zero-order valence-electron chi connectivity index (χ0n) is 23.8. The first-order valence-corrected chi connectivity index (χ1v) is 14.4. The average molecular weight is 675 g/mol. The van der Waals surface area contributed by atoms with Crippen molar-refractivity contribution in [3.05, 3.63) is 78.0 Å². The van der Waals surface area contributed by atoms with E-state index in [1.807, 2.05) is 24.3 Å². The highest BCUT2D eigenvalue weighted by Crippen LogP contribution is 2.20. The topological polar surface area (TPSA) is 160 Å². The molecule has 248 valence electrons. The largest absolute Gasteiger partial charge is 0.490 e. The Morgan fingerprint density at radius 1 is 0.935 bits per heavy atom. The van der Waals surface area contributed by atoms with Crippen LogP contribution in [0.2, 0.25) is 0 Å². The van der Waals surface area contributed by atoms with E-state index in [9.17, 15) is 45.5 Å². The molecule has 0 spiro atoms. The molecule has 0 unspecified atom stereocenters. The number of nitrogens with zero attached hydrogens (tertiary/aromatic N) is 2. The van der Waals surface area contributed by atoms with Gasteiger partial charge in [0.2, 0.25) is 17.6 Å². The molecule has 0 radical (unpaired) electrons. The van der Waals surface area contributed by atoms with Crippen LogP contribution in [0.25, 0.3) is 10.9 Å². The Balaban J connectivity index is 0.000000942. The molecule has 1 heterocycles. The third-order valence-corrected chi connectivity index (χ3v) is 6.95. The number of alkyl halides is 6. The van der Waals surface area contributed by atoms with E-state index in [-0.39, 0.29) is 25.1 Å². The predicted octanol–water partition coefficient (Wildman–Crippen LogP) is 4.13. The molecule has 3 amide bonds. The molecule has 2 aromatic carbocycles. The van der Waals surface area contributed by atoms with E-state index in [0.29, 0.717) is 11.1 Å². The van der Waals surface area contributed by atoms with Gasteiger partial charge in [-0.2, -0.15) is 38.1 Å². The quantitative estimate of drug-likeness (QED) is 0.190. The first-order chi connectivity index (χ1) is 21.5. The lowest BCUT2D eigenvalue weighted by atomic mass is 10.1. The molecule has 3 rings (SSSR count).